The van der Waals surface area contributed by atoms with Crippen molar-refractivity contribution in [3.8, 4) is 5.75 Å². The van der Waals surface area contributed by atoms with Gasteiger partial charge in [-0.3, -0.25) is 0 Å². The summed E-state index contributed by atoms with van der Waals surface area (Å²) in [4.78, 5) is 0. The predicted molar refractivity (Wildman–Crippen MR) is 72.0 cm³/mol. The first kappa shape index (κ1) is 14.0. The van der Waals surface area contributed by atoms with E-state index in [1.807, 2.05) is 19.1 Å². The van der Waals surface area contributed by atoms with Gasteiger partial charge in [0.25, 0.3) is 0 Å². The van der Waals surface area contributed by atoms with Gasteiger partial charge in [0.1, 0.15) is 5.75 Å². The molecule has 2 atom stereocenters. The van der Waals surface area contributed by atoms with Crippen molar-refractivity contribution in [1.29, 1.82) is 0 Å². The lowest BCUT2D eigenvalue weighted by Gasteiger charge is -2.28. The highest BCUT2D eigenvalue weighted by Gasteiger charge is 2.24. The van der Waals surface area contributed by atoms with Crippen LogP contribution in [-0.4, -0.2) is 18.2 Å². The molecule has 0 saturated carbocycles. The van der Waals surface area contributed by atoms with E-state index in [2.05, 4.69) is 13.8 Å². The van der Waals surface area contributed by atoms with E-state index >= 15 is 0 Å². The van der Waals surface area contributed by atoms with Gasteiger partial charge in [-0.1, -0.05) is 26.0 Å². The number of aromatic hydroxyl groups is 1. The first-order chi connectivity index (χ1) is 8.02. The number of phenols is 1. The largest absolute Gasteiger partial charge is 0.508 e. The van der Waals surface area contributed by atoms with Crippen LogP contribution in [0.4, 0.5) is 0 Å². The summed E-state index contributed by atoms with van der Waals surface area (Å²) in [7, 11) is 0. The van der Waals surface area contributed by atoms with Gasteiger partial charge in [-0.2, -0.15) is 0 Å². The molecule has 0 aliphatic heterocycles. The third kappa shape index (κ3) is 2.99. The van der Waals surface area contributed by atoms with Crippen molar-refractivity contribution in [2.45, 2.75) is 26.7 Å². The molecule has 0 heterocycles. The summed E-state index contributed by atoms with van der Waals surface area (Å²) in [5.41, 5.74) is 13.6. The SMILES string of the molecule is Cc1cccc(O)c1C(C)C(C)C(CN)CN. The van der Waals surface area contributed by atoms with Crippen LogP contribution >= 0.6 is 0 Å². The number of nitrogens with two attached hydrogens (primary N) is 2. The second kappa shape index (κ2) is 6.03. The molecular weight excluding hydrogens is 212 g/mol. The Kier molecular flexibility index (Phi) is 4.97. The van der Waals surface area contributed by atoms with Crippen LogP contribution in [0.3, 0.4) is 0 Å². The molecule has 0 bridgehead atoms. The molecule has 0 aliphatic rings. The van der Waals surface area contributed by atoms with Crippen LogP contribution in [0, 0.1) is 18.8 Å². The van der Waals surface area contributed by atoms with Crippen LogP contribution in [0.5, 0.6) is 5.75 Å². The quantitative estimate of drug-likeness (QED) is 0.732. The highest BCUT2D eigenvalue weighted by molar-refractivity contribution is 5.41. The molecule has 1 rings (SSSR count). The Labute approximate surface area is 104 Å². The molecule has 0 saturated heterocycles. The molecule has 0 aromatic heterocycles. The Hall–Kier alpha value is -1.06. The molecule has 5 N–H and O–H groups in total. The monoisotopic (exact) mass is 236 g/mol. The lowest BCUT2D eigenvalue weighted by molar-refractivity contribution is 0.321. The Morgan fingerprint density at radius 3 is 2.24 bits per heavy atom. The molecule has 0 radical (unpaired) electrons. The molecule has 17 heavy (non-hydrogen) atoms. The minimum atomic E-state index is 0.258. The highest BCUT2D eigenvalue weighted by atomic mass is 16.3. The van der Waals surface area contributed by atoms with Gasteiger partial charge in [-0.15, -0.1) is 0 Å². The van der Waals surface area contributed by atoms with E-state index in [-0.39, 0.29) is 5.92 Å². The highest BCUT2D eigenvalue weighted by Crippen LogP contribution is 2.36. The minimum absolute atomic E-state index is 0.258. The predicted octanol–water partition coefficient (Wildman–Crippen LogP) is 1.97. The summed E-state index contributed by atoms with van der Waals surface area (Å²) in [5.74, 6) is 1.28. The minimum Gasteiger partial charge on any atom is -0.508 e. The number of hydrogen-bond donors (Lipinski definition) is 3. The maximum Gasteiger partial charge on any atom is 0.119 e. The third-order valence-electron chi connectivity index (χ3n) is 3.89. The standard InChI is InChI=1S/C14H24N2O/c1-9-5-4-6-13(17)14(9)11(3)10(2)12(7-15)8-16/h4-6,10-12,17H,7-8,15-16H2,1-3H3. The van der Waals surface area contributed by atoms with Gasteiger partial charge in [0.15, 0.2) is 0 Å². The third-order valence-corrected chi connectivity index (χ3v) is 3.89. The number of aryl methyl sites for hydroxylation is 1. The van der Waals surface area contributed by atoms with Crippen LogP contribution in [0.1, 0.15) is 30.9 Å². The molecule has 0 spiro atoms. The van der Waals surface area contributed by atoms with Crippen LogP contribution in [0.2, 0.25) is 0 Å². The van der Waals surface area contributed by atoms with E-state index < -0.39 is 0 Å². The zero-order valence-electron chi connectivity index (χ0n) is 11.0. The fraction of sp³-hybridized carbons (Fsp3) is 0.571. The van der Waals surface area contributed by atoms with Gasteiger partial charge >= 0.3 is 0 Å². The summed E-state index contributed by atoms with van der Waals surface area (Å²) in [6.45, 7) is 7.49. The molecule has 1 aromatic carbocycles. The van der Waals surface area contributed by atoms with Crippen LogP contribution in [-0.2, 0) is 0 Å². The van der Waals surface area contributed by atoms with Crippen molar-refractivity contribution in [2.75, 3.05) is 13.1 Å². The van der Waals surface area contributed by atoms with E-state index in [0.717, 1.165) is 11.1 Å². The van der Waals surface area contributed by atoms with Gasteiger partial charge in [0.05, 0.1) is 0 Å². The smallest absolute Gasteiger partial charge is 0.119 e. The lowest BCUT2D eigenvalue weighted by atomic mass is 9.78. The van der Waals surface area contributed by atoms with Gasteiger partial charge in [0, 0.05) is 0 Å². The Morgan fingerprint density at radius 1 is 1.18 bits per heavy atom. The molecule has 2 unspecified atom stereocenters. The number of phenolic OH excluding ortho intramolecular Hbond substituents is 1. The second-order valence-electron chi connectivity index (χ2n) is 4.89. The van der Waals surface area contributed by atoms with E-state index in [9.17, 15) is 5.11 Å². The van der Waals surface area contributed by atoms with Crippen molar-refractivity contribution in [2.24, 2.45) is 23.3 Å². The topological polar surface area (TPSA) is 72.3 Å². The summed E-state index contributed by atoms with van der Waals surface area (Å²) >= 11 is 0. The van der Waals surface area contributed by atoms with Crippen molar-refractivity contribution in [3.63, 3.8) is 0 Å². The average Bonchev–Trinajstić information content (AvgIpc) is 2.30. The fourth-order valence-electron chi connectivity index (χ4n) is 2.45. The number of rotatable bonds is 5. The average molecular weight is 236 g/mol. The molecule has 0 amide bonds. The molecule has 3 heteroatoms. The fourth-order valence-corrected chi connectivity index (χ4v) is 2.45. The van der Waals surface area contributed by atoms with Gasteiger partial charge in [-0.05, 0) is 55.0 Å². The van der Waals surface area contributed by atoms with Crippen molar-refractivity contribution in [1.82, 2.24) is 0 Å². The van der Waals surface area contributed by atoms with Crippen molar-refractivity contribution in [3.05, 3.63) is 29.3 Å². The Balaban J connectivity index is 2.99. The molecule has 0 aliphatic carbocycles. The first-order valence-electron chi connectivity index (χ1n) is 6.21. The molecule has 96 valence electrons. The molecule has 0 fully saturated rings. The van der Waals surface area contributed by atoms with Crippen LogP contribution in [0.15, 0.2) is 18.2 Å². The lowest BCUT2D eigenvalue weighted by Crippen LogP contribution is -2.31. The summed E-state index contributed by atoms with van der Waals surface area (Å²) in [6.07, 6.45) is 0. The first-order valence-corrected chi connectivity index (χ1v) is 6.21. The Morgan fingerprint density at radius 2 is 1.76 bits per heavy atom. The van der Waals surface area contributed by atoms with E-state index in [4.69, 9.17) is 11.5 Å². The van der Waals surface area contributed by atoms with Crippen LogP contribution < -0.4 is 11.5 Å². The van der Waals surface area contributed by atoms with Gasteiger partial charge in [0.2, 0.25) is 0 Å². The zero-order valence-corrected chi connectivity index (χ0v) is 11.0. The second-order valence-corrected chi connectivity index (χ2v) is 4.89. The van der Waals surface area contributed by atoms with Gasteiger partial charge < -0.3 is 16.6 Å². The van der Waals surface area contributed by atoms with Gasteiger partial charge in [-0.25, -0.2) is 0 Å². The maximum absolute atomic E-state index is 9.98. The number of hydrogen-bond acceptors (Lipinski definition) is 3. The summed E-state index contributed by atoms with van der Waals surface area (Å²) in [6, 6.07) is 5.64. The summed E-state index contributed by atoms with van der Waals surface area (Å²) in [5, 5.41) is 9.98. The van der Waals surface area contributed by atoms with Crippen molar-refractivity contribution >= 4 is 0 Å². The van der Waals surface area contributed by atoms with Crippen LogP contribution in [0.25, 0.3) is 0 Å². The molecule has 3 nitrogen and oxygen atoms in total. The van der Waals surface area contributed by atoms with Crippen molar-refractivity contribution < 1.29 is 5.11 Å². The molecular formula is C14H24N2O. The summed E-state index contributed by atoms with van der Waals surface area (Å²) < 4.78 is 0. The normalized spacial score (nSPS) is 14.9. The van der Waals surface area contributed by atoms with E-state index in [0.29, 0.717) is 30.7 Å². The molecule has 1 aromatic rings. The van der Waals surface area contributed by atoms with E-state index in [1.54, 1.807) is 6.07 Å². The zero-order chi connectivity index (χ0) is 13.0. The Bertz CT molecular complexity index is 341. The van der Waals surface area contributed by atoms with E-state index in [1.165, 1.54) is 0 Å². The maximum atomic E-state index is 9.98. The number of benzene rings is 1.